The van der Waals surface area contributed by atoms with Crippen LogP contribution < -0.4 is 14.8 Å². The average Bonchev–Trinajstić information content (AvgIpc) is 3.06. The second kappa shape index (κ2) is 9.93. The van der Waals surface area contributed by atoms with Crippen LogP contribution in [0.25, 0.3) is 0 Å². The van der Waals surface area contributed by atoms with Gasteiger partial charge in [0.15, 0.2) is 16.7 Å². The van der Waals surface area contributed by atoms with Crippen molar-refractivity contribution < 1.29 is 50.1 Å². The van der Waals surface area contributed by atoms with E-state index in [4.69, 9.17) is 4.74 Å². The number of thioether (sulfide) groups is 1. The molecule has 0 aliphatic carbocycles. The van der Waals surface area contributed by atoms with Crippen LogP contribution in [0.15, 0.2) is 39.4 Å². The molecule has 1 unspecified atom stereocenters. The third-order valence-electron chi connectivity index (χ3n) is 3.47. The van der Waals surface area contributed by atoms with Crippen molar-refractivity contribution in [2.24, 2.45) is 10.2 Å². The van der Waals surface area contributed by atoms with E-state index in [1.807, 2.05) is 0 Å². The van der Waals surface area contributed by atoms with Crippen molar-refractivity contribution in [3.05, 3.63) is 34.7 Å². The van der Waals surface area contributed by atoms with Gasteiger partial charge in [0.1, 0.15) is 0 Å². The maximum Gasteiger partial charge on any atom is 0.439 e. The number of halogens is 6. The van der Waals surface area contributed by atoms with Crippen molar-refractivity contribution in [1.82, 2.24) is 5.32 Å². The van der Waals surface area contributed by atoms with E-state index in [1.165, 1.54) is 0 Å². The van der Waals surface area contributed by atoms with Crippen LogP contribution in [0.5, 0.6) is 11.5 Å². The van der Waals surface area contributed by atoms with Crippen LogP contribution in [-0.2, 0) is 14.3 Å². The minimum absolute atomic E-state index is 0.0138. The molecule has 0 aromatic heterocycles. The number of nitrogens with zero attached hydrogens (tertiary/aromatic N) is 2. The normalized spacial score (nSPS) is 18.2. The highest BCUT2D eigenvalue weighted by Crippen LogP contribution is 2.39. The topological polar surface area (TPSA) is 98.6 Å². The Bertz CT molecular complexity index is 980. The van der Waals surface area contributed by atoms with Crippen LogP contribution >= 0.6 is 11.8 Å². The van der Waals surface area contributed by atoms with Gasteiger partial charge in [0.25, 0.3) is 12.1 Å². The van der Waals surface area contributed by atoms with Crippen LogP contribution in [0.2, 0.25) is 0 Å². The summed E-state index contributed by atoms with van der Waals surface area (Å²) < 4.78 is 89.7. The van der Waals surface area contributed by atoms with Gasteiger partial charge < -0.3 is 14.2 Å². The molecule has 0 radical (unpaired) electrons. The summed E-state index contributed by atoms with van der Waals surface area (Å²) in [5.41, 5.74) is 0.189. The zero-order chi connectivity index (χ0) is 24.1. The number of hydrogen-bond donors (Lipinski definition) is 1. The molecule has 1 N–H and O–H groups in total. The monoisotopic (exact) mass is 485 g/mol. The van der Waals surface area contributed by atoms with Crippen molar-refractivity contribution in [2.45, 2.75) is 18.5 Å². The fourth-order valence-electron chi connectivity index (χ4n) is 2.03. The molecule has 1 amide bonds. The van der Waals surface area contributed by atoms with Crippen molar-refractivity contribution in [3.8, 4) is 11.5 Å². The second-order valence-corrected chi connectivity index (χ2v) is 6.75. The highest BCUT2D eigenvalue weighted by Gasteiger charge is 2.59. The summed E-state index contributed by atoms with van der Waals surface area (Å²) in [6, 6.07) is 3.01. The lowest BCUT2D eigenvalue weighted by Gasteiger charge is -2.23. The van der Waals surface area contributed by atoms with Gasteiger partial charge in [-0.3, -0.25) is 10.1 Å². The number of carbonyl (C=O) groups excluding carboxylic acids is 2. The molecule has 0 bridgehead atoms. The van der Waals surface area contributed by atoms with Crippen molar-refractivity contribution in [2.75, 3.05) is 14.2 Å². The number of methoxy groups -OCH3 is 2. The molecule has 1 saturated heterocycles. The van der Waals surface area contributed by atoms with E-state index in [0.29, 0.717) is 0 Å². The average molecular weight is 485 g/mol. The molecule has 1 aromatic carbocycles. The summed E-state index contributed by atoms with van der Waals surface area (Å²) in [6.45, 7) is 0. The van der Waals surface area contributed by atoms with Crippen LogP contribution in [0.1, 0.15) is 5.56 Å². The first-order valence-electron chi connectivity index (χ1n) is 8.23. The molecule has 1 atom stereocenters. The maximum absolute atomic E-state index is 13.5. The Hall–Kier alpha value is -3.23. The number of rotatable bonds is 7. The first-order chi connectivity index (χ1) is 14.9. The summed E-state index contributed by atoms with van der Waals surface area (Å²) in [7, 11) is 2.16. The molecule has 1 heterocycles. The number of carbonyl (C=O) groups is 2. The number of amidine groups is 1. The molecule has 1 aliphatic heterocycles. The Morgan fingerprint density at radius 3 is 2.47 bits per heavy atom. The molecule has 32 heavy (non-hydrogen) atoms. The predicted molar refractivity (Wildman–Crippen MR) is 100 cm³/mol. The minimum atomic E-state index is -5.83. The Kier molecular flexibility index (Phi) is 7.77. The third-order valence-corrected chi connectivity index (χ3v) is 4.37. The van der Waals surface area contributed by atoms with E-state index in [-0.39, 0.29) is 15.6 Å². The summed E-state index contributed by atoms with van der Waals surface area (Å²) in [5, 5.41) is 9.71. The lowest BCUT2D eigenvalue weighted by Crippen LogP contribution is -2.45. The quantitative estimate of drug-likeness (QED) is 0.210. The standard InChI is InChI=1S/C17H13F6N3O5S/c1-29-10-5-8(3-4-9(10)31-17(22,23)14(18)16(19,20)21)7-24-26-15-25-13(28)11(32-15)6-12(27)30-2/h3-7,14H,1-2H3,(H,25,26,28)/b11-6+,24-7?. The molecule has 15 heteroatoms. The van der Waals surface area contributed by atoms with Crippen LogP contribution in [0.3, 0.4) is 0 Å². The van der Waals surface area contributed by atoms with Gasteiger partial charge in [0.2, 0.25) is 0 Å². The Morgan fingerprint density at radius 1 is 1.19 bits per heavy atom. The zero-order valence-electron chi connectivity index (χ0n) is 16.1. The van der Waals surface area contributed by atoms with Crippen LogP contribution in [0, 0.1) is 0 Å². The first-order valence-corrected chi connectivity index (χ1v) is 9.04. The number of amides is 1. The third kappa shape index (κ3) is 6.38. The summed E-state index contributed by atoms with van der Waals surface area (Å²) >= 11 is 0.799. The number of benzene rings is 1. The van der Waals surface area contributed by atoms with Gasteiger partial charge >= 0.3 is 18.3 Å². The number of hydrogen-bond acceptors (Lipinski definition) is 8. The summed E-state index contributed by atoms with van der Waals surface area (Å²) in [4.78, 5) is 22.9. The van der Waals surface area contributed by atoms with Gasteiger partial charge in [-0.05, 0) is 35.5 Å². The molecule has 1 aliphatic rings. The summed E-state index contributed by atoms with van der Waals surface area (Å²) in [5.74, 6) is -2.63. The molecular weight excluding hydrogens is 472 g/mol. The van der Waals surface area contributed by atoms with Crippen LogP contribution in [-0.4, -0.2) is 55.9 Å². The van der Waals surface area contributed by atoms with Gasteiger partial charge in [-0.1, -0.05) is 0 Å². The van der Waals surface area contributed by atoms with Gasteiger partial charge in [-0.15, -0.1) is 5.10 Å². The largest absolute Gasteiger partial charge is 0.493 e. The molecular formula is C17H13F6N3O5S. The number of nitrogens with one attached hydrogen (secondary N) is 1. The van der Waals surface area contributed by atoms with E-state index in [9.17, 15) is 35.9 Å². The predicted octanol–water partition coefficient (Wildman–Crippen LogP) is 3.18. The zero-order valence-corrected chi connectivity index (χ0v) is 16.9. The van der Waals surface area contributed by atoms with E-state index < -0.39 is 41.8 Å². The minimum Gasteiger partial charge on any atom is -0.493 e. The lowest BCUT2D eigenvalue weighted by atomic mass is 10.2. The molecule has 1 aromatic rings. The van der Waals surface area contributed by atoms with Gasteiger partial charge in [0, 0.05) is 6.08 Å². The van der Waals surface area contributed by atoms with E-state index >= 15 is 0 Å². The van der Waals surface area contributed by atoms with Crippen molar-refractivity contribution in [1.29, 1.82) is 0 Å². The molecule has 1 fully saturated rings. The van der Waals surface area contributed by atoms with Gasteiger partial charge in [-0.2, -0.15) is 27.1 Å². The van der Waals surface area contributed by atoms with E-state index in [1.54, 1.807) is 0 Å². The highest BCUT2D eigenvalue weighted by molar-refractivity contribution is 8.18. The summed E-state index contributed by atoms with van der Waals surface area (Å²) in [6.07, 6.45) is -13.5. The van der Waals surface area contributed by atoms with Crippen LogP contribution in [0.4, 0.5) is 26.3 Å². The lowest BCUT2D eigenvalue weighted by molar-refractivity contribution is -0.305. The maximum atomic E-state index is 13.5. The molecule has 0 spiro atoms. The number of alkyl halides is 6. The Labute approximate surface area is 180 Å². The SMILES string of the molecule is COC(=O)/C=C1/S/C(=N\N=Cc2ccc(OC(F)(F)C(F)C(F)(F)F)c(OC)c2)NC1=O. The van der Waals surface area contributed by atoms with Crippen molar-refractivity contribution >= 4 is 35.0 Å². The van der Waals surface area contributed by atoms with Gasteiger partial charge in [0.05, 0.1) is 25.3 Å². The molecule has 2 rings (SSSR count). The smallest absolute Gasteiger partial charge is 0.439 e. The fourth-order valence-corrected chi connectivity index (χ4v) is 2.77. The first kappa shape index (κ1) is 25.0. The fraction of sp³-hybridized carbons (Fsp3) is 0.294. The Balaban J connectivity index is 2.14. The second-order valence-electron chi connectivity index (χ2n) is 5.72. The van der Waals surface area contributed by atoms with Gasteiger partial charge in [-0.25, -0.2) is 9.18 Å². The van der Waals surface area contributed by atoms with E-state index in [0.717, 1.165) is 56.5 Å². The Morgan fingerprint density at radius 2 is 1.88 bits per heavy atom. The number of esters is 1. The molecule has 0 saturated carbocycles. The van der Waals surface area contributed by atoms with E-state index in [2.05, 4.69) is 25.0 Å². The number of ether oxygens (including phenoxy) is 3. The highest BCUT2D eigenvalue weighted by atomic mass is 32.2. The van der Waals surface area contributed by atoms with Crippen molar-refractivity contribution in [3.63, 3.8) is 0 Å². The molecule has 8 nitrogen and oxygen atoms in total. The molecule has 174 valence electrons.